The lowest BCUT2D eigenvalue weighted by Crippen LogP contribution is -2.46. The molecule has 1 fully saturated rings. The van der Waals surface area contributed by atoms with Gasteiger partial charge in [0.25, 0.3) is 0 Å². The molecule has 0 saturated carbocycles. The Labute approximate surface area is 103 Å². The summed E-state index contributed by atoms with van der Waals surface area (Å²) in [7, 11) is 0. The minimum atomic E-state index is -0.0213. The fraction of sp³-hybridized carbons (Fsp3) is 0.900. The molecular formula is C10H22ClN3O2. The first-order valence-corrected chi connectivity index (χ1v) is 5.60. The molecule has 0 aromatic rings. The summed E-state index contributed by atoms with van der Waals surface area (Å²) >= 11 is 0. The zero-order valence-electron chi connectivity index (χ0n) is 9.83. The van der Waals surface area contributed by atoms with Gasteiger partial charge < -0.3 is 15.4 Å². The highest BCUT2D eigenvalue weighted by Gasteiger charge is 2.08. The van der Waals surface area contributed by atoms with Crippen LogP contribution in [0.4, 0.5) is 0 Å². The Morgan fingerprint density at radius 2 is 2.12 bits per heavy atom. The van der Waals surface area contributed by atoms with Crippen LogP contribution in [0.15, 0.2) is 0 Å². The summed E-state index contributed by atoms with van der Waals surface area (Å²) in [6.45, 7) is 8.53. The molecule has 0 bridgehead atoms. The lowest BCUT2D eigenvalue weighted by Gasteiger charge is -2.27. The van der Waals surface area contributed by atoms with Gasteiger partial charge in [-0.25, -0.2) is 0 Å². The monoisotopic (exact) mass is 251 g/mol. The van der Waals surface area contributed by atoms with Crippen molar-refractivity contribution in [3.05, 3.63) is 0 Å². The molecule has 96 valence electrons. The minimum Gasteiger partial charge on any atom is -0.372 e. The topological polar surface area (TPSA) is 53.6 Å². The average Bonchev–Trinajstić information content (AvgIpc) is 2.28. The second-order valence-corrected chi connectivity index (χ2v) is 3.58. The lowest BCUT2D eigenvalue weighted by molar-refractivity contribution is -0.125. The summed E-state index contributed by atoms with van der Waals surface area (Å²) in [5.41, 5.74) is 0. The van der Waals surface area contributed by atoms with Gasteiger partial charge in [0.2, 0.25) is 5.91 Å². The third-order valence-corrected chi connectivity index (χ3v) is 2.40. The number of carbonyl (C=O) groups excluding carboxylic acids is 1. The largest absolute Gasteiger partial charge is 0.372 e. The highest BCUT2D eigenvalue weighted by Crippen LogP contribution is 1.89. The van der Waals surface area contributed by atoms with Gasteiger partial charge in [0.05, 0.1) is 0 Å². The zero-order valence-corrected chi connectivity index (χ0v) is 10.6. The van der Waals surface area contributed by atoms with Crippen LogP contribution in [0.25, 0.3) is 0 Å². The number of hydrogen-bond acceptors (Lipinski definition) is 4. The van der Waals surface area contributed by atoms with Gasteiger partial charge in [-0.05, 0) is 6.92 Å². The van der Waals surface area contributed by atoms with Crippen molar-refractivity contribution in [2.75, 3.05) is 52.5 Å². The van der Waals surface area contributed by atoms with Gasteiger partial charge >= 0.3 is 0 Å². The van der Waals surface area contributed by atoms with Crippen LogP contribution in [-0.2, 0) is 9.53 Å². The first-order valence-electron chi connectivity index (χ1n) is 5.60. The van der Waals surface area contributed by atoms with E-state index >= 15 is 0 Å². The van der Waals surface area contributed by atoms with Crippen molar-refractivity contribution in [1.82, 2.24) is 15.5 Å². The predicted molar refractivity (Wildman–Crippen MR) is 66.1 cm³/mol. The number of rotatable bonds is 6. The highest BCUT2D eigenvalue weighted by molar-refractivity contribution is 5.85. The van der Waals surface area contributed by atoms with Gasteiger partial charge in [0, 0.05) is 45.9 Å². The predicted octanol–water partition coefficient (Wildman–Crippen LogP) is -0.534. The Bertz CT molecular complexity index is 187. The molecule has 2 N–H and O–H groups in total. The van der Waals surface area contributed by atoms with Crippen molar-refractivity contribution in [1.29, 1.82) is 0 Å². The summed E-state index contributed by atoms with van der Waals surface area (Å²) in [4.78, 5) is 13.5. The zero-order chi connectivity index (χ0) is 10.9. The molecule has 0 aliphatic carbocycles. The molecular weight excluding hydrogens is 230 g/mol. The summed E-state index contributed by atoms with van der Waals surface area (Å²) < 4.78 is 5.00. The van der Waals surface area contributed by atoms with Crippen molar-refractivity contribution < 1.29 is 9.53 Å². The number of nitrogens with zero attached hydrogens (tertiary/aromatic N) is 1. The summed E-state index contributed by atoms with van der Waals surface area (Å²) in [5, 5.41) is 6.13. The van der Waals surface area contributed by atoms with E-state index < -0.39 is 0 Å². The first kappa shape index (κ1) is 15.6. The third kappa shape index (κ3) is 7.00. The maximum Gasteiger partial charge on any atom is 0.246 e. The molecule has 6 heteroatoms. The van der Waals surface area contributed by atoms with Crippen molar-refractivity contribution in [2.24, 2.45) is 0 Å². The van der Waals surface area contributed by atoms with E-state index in [0.29, 0.717) is 13.2 Å². The number of piperazine rings is 1. The van der Waals surface area contributed by atoms with Gasteiger partial charge in [0.1, 0.15) is 6.61 Å². The number of carbonyl (C=O) groups is 1. The van der Waals surface area contributed by atoms with Crippen LogP contribution >= 0.6 is 12.4 Å². The molecule has 1 saturated heterocycles. The van der Waals surface area contributed by atoms with Crippen LogP contribution < -0.4 is 10.6 Å². The normalized spacial score (nSPS) is 16.6. The first-order chi connectivity index (χ1) is 7.33. The van der Waals surface area contributed by atoms with Crippen molar-refractivity contribution in [3.63, 3.8) is 0 Å². The Balaban J connectivity index is 0.00000225. The van der Waals surface area contributed by atoms with Gasteiger partial charge in [-0.3, -0.25) is 9.69 Å². The van der Waals surface area contributed by atoms with E-state index in [-0.39, 0.29) is 24.9 Å². The van der Waals surface area contributed by atoms with Crippen molar-refractivity contribution in [2.45, 2.75) is 6.92 Å². The molecule has 1 amide bonds. The quantitative estimate of drug-likeness (QED) is 0.666. The SMILES string of the molecule is CCOCC(=O)NCCN1CCNCC1.Cl. The smallest absolute Gasteiger partial charge is 0.246 e. The van der Waals surface area contributed by atoms with Crippen molar-refractivity contribution in [3.8, 4) is 0 Å². The molecule has 1 aliphatic heterocycles. The lowest BCUT2D eigenvalue weighted by atomic mass is 10.3. The van der Waals surface area contributed by atoms with Gasteiger partial charge in [0.15, 0.2) is 0 Å². The number of hydrogen-bond donors (Lipinski definition) is 2. The van der Waals surface area contributed by atoms with Crippen LogP contribution in [0.1, 0.15) is 6.92 Å². The third-order valence-electron chi connectivity index (χ3n) is 2.40. The molecule has 0 atom stereocenters. The van der Waals surface area contributed by atoms with Crippen LogP contribution in [0, 0.1) is 0 Å². The second-order valence-electron chi connectivity index (χ2n) is 3.58. The van der Waals surface area contributed by atoms with E-state index in [1.54, 1.807) is 0 Å². The summed E-state index contributed by atoms with van der Waals surface area (Å²) in [6.07, 6.45) is 0. The van der Waals surface area contributed by atoms with Crippen LogP contribution in [0.5, 0.6) is 0 Å². The van der Waals surface area contributed by atoms with E-state index in [9.17, 15) is 4.79 Å². The number of amides is 1. The maximum atomic E-state index is 11.2. The Kier molecular flexibility index (Phi) is 9.62. The van der Waals surface area contributed by atoms with Gasteiger partial charge in [-0.15, -0.1) is 12.4 Å². The molecule has 0 unspecified atom stereocenters. The van der Waals surface area contributed by atoms with Crippen LogP contribution in [-0.4, -0.2) is 63.3 Å². The molecule has 1 aliphatic rings. The maximum absolute atomic E-state index is 11.2. The molecule has 0 spiro atoms. The molecule has 0 aromatic heterocycles. The molecule has 0 radical (unpaired) electrons. The molecule has 0 aromatic carbocycles. The molecule has 1 heterocycles. The van der Waals surface area contributed by atoms with E-state index in [2.05, 4.69) is 15.5 Å². The minimum absolute atomic E-state index is 0. The van der Waals surface area contributed by atoms with Crippen molar-refractivity contribution >= 4 is 18.3 Å². The van der Waals surface area contributed by atoms with Crippen LogP contribution in [0.2, 0.25) is 0 Å². The standard InChI is InChI=1S/C10H21N3O2.ClH/c1-2-15-9-10(14)12-5-8-13-6-3-11-4-7-13;/h11H,2-9H2,1H3,(H,12,14);1H. The molecule has 5 nitrogen and oxygen atoms in total. The number of halogens is 1. The van der Waals surface area contributed by atoms with E-state index in [1.165, 1.54) is 0 Å². The summed E-state index contributed by atoms with van der Waals surface area (Å²) in [6, 6.07) is 0. The highest BCUT2D eigenvalue weighted by atomic mass is 35.5. The van der Waals surface area contributed by atoms with E-state index in [1.807, 2.05) is 6.92 Å². The Hall–Kier alpha value is -0.360. The molecule has 16 heavy (non-hydrogen) atoms. The fourth-order valence-corrected chi connectivity index (χ4v) is 1.53. The van der Waals surface area contributed by atoms with E-state index in [4.69, 9.17) is 4.74 Å². The Morgan fingerprint density at radius 3 is 2.75 bits per heavy atom. The Morgan fingerprint density at radius 1 is 1.44 bits per heavy atom. The van der Waals surface area contributed by atoms with Gasteiger partial charge in [-0.2, -0.15) is 0 Å². The van der Waals surface area contributed by atoms with Crippen LogP contribution in [0.3, 0.4) is 0 Å². The average molecular weight is 252 g/mol. The fourth-order valence-electron chi connectivity index (χ4n) is 1.53. The number of nitrogens with one attached hydrogen (secondary N) is 2. The molecule has 1 rings (SSSR count). The van der Waals surface area contributed by atoms with Gasteiger partial charge in [-0.1, -0.05) is 0 Å². The second kappa shape index (κ2) is 9.84. The number of ether oxygens (including phenoxy) is 1. The van der Waals surface area contributed by atoms with E-state index in [0.717, 1.165) is 32.7 Å². The summed E-state index contributed by atoms with van der Waals surface area (Å²) in [5.74, 6) is -0.0213.